The number of ether oxygens (including phenoxy) is 1. The number of benzene rings is 1. The molecule has 0 aliphatic carbocycles. The van der Waals surface area contributed by atoms with Crippen LogP contribution in [0.25, 0.3) is 0 Å². The van der Waals surface area contributed by atoms with Crippen molar-refractivity contribution in [3.63, 3.8) is 0 Å². The second kappa shape index (κ2) is 8.53. The summed E-state index contributed by atoms with van der Waals surface area (Å²) < 4.78 is 5.63. The molecule has 0 aliphatic rings. The van der Waals surface area contributed by atoms with Crippen LogP contribution in [0.2, 0.25) is 0 Å². The van der Waals surface area contributed by atoms with E-state index >= 15 is 0 Å². The fourth-order valence-electron chi connectivity index (χ4n) is 2.14. The Balaban J connectivity index is 2.06. The Bertz CT molecular complexity index is 753. The Labute approximate surface area is 141 Å². The van der Waals surface area contributed by atoms with E-state index in [0.717, 1.165) is 19.3 Å². The van der Waals surface area contributed by atoms with E-state index in [1.165, 1.54) is 12.4 Å². The molecule has 0 spiro atoms. The van der Waals surface area contributed by atoms with Crippen molar-refractivity contribution < 1.29 is 9.53 Å². The third-order valence-electron chi connectivity index (χ3n) is 3.38. The first-order chi connectivity index (χ1) is 11.6. The Morgan fingerprint density at radius 1 is 1.33 bits per heavy atom. The van der Waals surface area contributed by atoms with Crippen LogP contribution in [0.3, 0.4) is 0 Å². The standard InChI is InChI=1S/C18H20N4O2/c1-2-3-4-7-24-17-6-5-16(9-13(17)10-19)22-18(23)14-8-15(20)12-21-11-14/h5-6,8-9,11-12H,2-4,7,20H2,1H3,(H,22,23). The van der Waals surface area contributed by atoms with Crippen LogP contribution in [0.5, 0.6) is 5.75 Å². The molecule has 1 heterocycles. The first-order valence-electron chi connectivity index (χ1n) is 7.83. The van der Waals surface area contributed by atoms with Gasteiger partial charge in [-0.2, -0.15) is 5.26 Å². The summed E-state index contributed by atoms with van der Waals surface area (Å²) in [6, 6.07) is 8.62. The molecule has 0 atom stereocenters. The summed E-state index contributed by atoms with van der Waals surface area (Å²) in [5.74, 6) is 0.188. The van der Waals surface area contributed by atoms with Gasteiger partial charge in [-0.1, -0.05) is 19.8 Å². The summed E-state index contributed by atoms with van der Waals surface area (Å²) >= 11 is 0. The molecule has 1 aromatic carbocycles. The molecule has 1 amide bonds. The molecule has 2 aromatic rings. The monoisotopic (exact) mass is 324 g/mol. The van der Waals surface area contributed by atoms with E-state index in [2.05, 4.69) is 23.3 Å². The number of nitrogens with two attached hydrogens (primary N) is 1. The van der Waals surface area contributed by atoms with Crippen molar-refractivity contribution in [2.24, 2.45) is 0 Å². The van der Waals surface area contributed by atoms with Gasteiger partial charge in [-0.05, 0) is 30.7 Å². The van der Waals surface area contributed by atoms with Crippen molar-refractivity contribution in [2.75, 3.05) is 17.7 Å². The second-order valence-corrected chi connectivity index (χ2v) is 5.34. The van der Waals surface area contributed by atoms with Crippen LogP contribution in [0, 0.1) is 11.3 Å². The molecule has 2 rings (SSSR count). The molecule has 6 heteroatoms. The number of rotatable bonds is 7. The molecule has 0 radical (unpaired) electrons. The summed E-state index contributed by atoms with van der Waals surface area (Å²) in [5, 5.41) is 12.0. The predicted molar refractivity (Wildman–Crippen MR) is 92.8 cm³/mol. The van der Waals surface area contributed by atoms with Gasteiger partial charge >= 0.3 is 0 Å². The third-order valence-corrected chi connectivity index (χ3v) is 3.38. The number of hydrogen-bond donors (Lipinski definition) is 2. The highest BCUT2D eigenvalue weighted by atomic mass is 16.5. The minimum atomic E-state index is -0.338. The number of hydrogen-bond acceptors (Lipinski definition) is 5. The van der Waals surface area contributed by atoms with Crippen LogP contribution in [0.4, 0.5) is 11.4 Å². The van der Waals surface area contributed by atoms with Gasteiger partial charge in [0.2, 0.25) is 0 Å². The van der Waals surface area contributed by atoms with Gasteiger partial charge in [-0.25, -0.2) is 0 Å². The minimum Gasteiger partial charge on any atom is -0.492 e. The van der Waals surface area contributed by atoms with Gasteiger partial charge in [-0.3, -0.25) is 9.78 Å². The number of aromatic nitrogens is 1. The zero-order valence-corrected chi connectivity index (χ0v) is 13.6. The molecule has 0 saturated heterocycles. The lowest BCUT2D eigenvalue weighted by atomic mass is 10.1. The summed E-state index contributed by atoms with van der Waals surface area (Å²) in [6.45, 7) is 2.69. The molecule has 0 unspecified atom stereocenters. The smallest absolute Gasteiger partial charge is 0.257 e. The average molecular weight is 324 g/mol. The molecule has 0 saturated carbocycles. The molecule has 0 bridgehead atoms. The van der Waals surface area contributed by atoms with E-state index in [4.69, 9.17) is 10.5 Å². The predicted octanol–water partition coefficient (Wildman–Crippen LogP) is 3.36. The van der Waals surface area contributed by atoms with E-state index in [1.54, 1.807) is 24.3 Å². The van der Waals surface area contributed by atoms with E-state index in [-0.39, 0.29) is 5.91 Å². The number of carbonyl (C=O) groups is 1. The van der Waals surface area contributed by atoms with E-state index < -0.39 is 0 Å². The van der Waals surface area contributed by atoms with Crippen LogP contribution >= 0.6 is 0 Å². The van der Waals surface area contributed by atoms with Gasteiger partial charge in [0.1, 0.15) is 11.8 Å². The molecule has 124 valence electrons. The molecule has 24 heavy (non-hydrogen) atoms. The van der Waals surface area contributed by atoms with Crippen molar-refractivity contribution in [1.82, 2.24) is 4.98 Å². The summed E-state index contributed by atoms with van der Waals surface area (Å²) in [6.07, 6.45) is 6.04. The molecule has 0 fully saturated rings. The SMILES string of the molecule is CCCCCOc1ccc(NC(=O)c2cncc(N)c2)cc1C#N. The van der Waals surface area contributed by atoms with Gasteiger partial charge in [0.25, 0.3) is 5.91 Å². The van der Waals surface area contributed by atoms with Crippen molar-refractivity contribution in [1.29, 1.82) is 5.26 Å². The molecule has 6 nitrogen and oxygen atoms in total. The number of nitrogens with one attached hydrogen (secondary N) is 1. The first kappa shape index (κ1) is 17.3. The van der Waals surface area contributed by atoms with Crippen LogP contribution in [0.1, 0.15) is 42.1 Å². The Morgan fingerprint density at radius 2 is 2.17 bits per heavy atom. The van der Waals surface area contributed by atoms with Gasteiger partial charge in [0.15, 0.2) is 0 Å². The fraction of sp³-hybridized carbons (Fsp3) is 0.278. The van der Waals surface area contributed by atoms with Crippen LogP contribution in [0.15, 0.2) is 36.7 Å². The number of unbranched alkanes of at least 4 members (excludes halogenated alkanes) is 2. The number of nitriles is 1. The van der Waals surface area contributed by atoms with Crippen molar-refractivity contribution in [3.8, 4) is 11.8 Å². The maximum atomic E-state index is 12.2. The highest BCUT2D eigenvalue weighted by Crippen LogP contribution is 2.23. The Hall–Kier alpha value is -3.07. The molecular weight excluding hydrogens is 304 g/mol. The maximum absolute atomic E-state index is 12.2. The van der Waals surface area contributed by atoms with Crippen LogP contribution in [-0.4, -0.2) is 17.5 Å². The molecule has 1 aromatic heterocycles. The largest absolute Gasteiger partial charge is 0.492 e. The lowest BCUT2D eigenvalue weighted by molar-refractivity contribution is 0.102. The normalized spacial score (nSPS) is 10.0. The lowest BCUT2D eigenvalue weighted by Gasteiger charge is -2.10. The Morgan fingerprint density at radius 3 is 2.88 bits per heavy atom. The minimum absolute atomic E-state index is 0.338. The third kappa shape index (κ3) is 4.71. The van der Waals surface area contributed by atoms with Crippen LogP contribution in [-0.2, 0) is 0 Å². The highest BCUT2D eigenvalue weighted by molar-refractivity contribution is 6.04. The highest BCUT2D eigenvalue weighted by Gasteiger charge is 2.10. The molecule has 0 aliphatic heterocycles. The molecule has 3 N–H and O–H groups in total. The maximum Gasteiger partial charge on any atom is 0.257 e. The summed E-state index contributed by atoms with van der Waals surface area (Å²) in [4.78, 5) is 16.1. The van der Waals surface area contributed by atoms with E-state index in [9.17, 15) is 10.1 Å². The van der Waals surface area contributed by atoms with Crippen LogP contribution < -0.4 is 15.8 Å². The zero-order valence-electron chi connectivity index (χ0n) is 13.6. The van der Waals surface area contributed by atoms with E-state index in [0.29, 0.717) is 34.9 Å². The Kier molecular flexibility index (Phi) is 6.15. The molecular formula is C18H20N4O2. The first-order valence-corrected chi connectivity index (χ1v) is 7.83. The van der Waals surface area contributed by atoms with Gasteiger partial charge < -0.3 is 15.8 Å². The number of anilines is 2. The van der Waals surface area contributed by atoms with Crippen molar-refractivity contribution >= 4 is 17.3 Å². The number of carbonyl (C=O) groups excluding carboxylic acids is 1. The van der Waals surface area contributed by atoms with Crippen molar-refractivity contribution in [3.05, 3.63) is 47.8 Å². The van der Waals surface area contributed by atoms with Gasteiger partial charge in [-0.15, -0.1) is 0 Å². The second-order valence-electron chi connectivity index (χ2n) is 5.34. The topological polar surface area (TPSA) is 101 Å². The lowest BCUT2D eigenvalue weighted by Crippen LogP contribution is -2.12. The number of amides is 1. The van der Waals surface area contributed by atoms with Gasteiger partial charge in [0, 0.05) is 18.1 Å². The quantitative estimate of drug-likeness (QED) is 0.760. The summed E-state index contributed by atoms with van der Waals surface area (Å²) in [5.41, 5.74) is 7.29. The number of pyridine rings is 1. The van der Waals surface area contributed by atoms with Gasteiger partial charge in [0.05, 0.1) is 23.4 Å². The van der Waals surface area contributed by atoms with E-state index in [1.807, 2.05) is 0 Å². The summed E-state index contributed by atoms with van der Waals surface area (Å²) in [7, 11) is 0. The zero-order chi connectivity index (χ0) is 17.4. The van der Waals surface area contributed by atoms with Crippen molar-refractivity contribution in [2.45, 2.75) is 26.2 Å². The average Bonchev–Trinajstić information content (AvgIpc) is 2.59. The number of nitrogens with zero attached hydrogens (tertiary/aromatic N) is 2. The fourth-order valence-corrected chi connectivity index (χ4v) is 2.14. The number of nitrogen functional groups attached to an aromatic ring is 1.